The van der Waals surface area contributed by atoms with E-state index < -0.39 is 6.04 Å². The molecule has 2 unspecified atom stereocenters. The van der Waals surface area contributed by atoms with Gasteiger partial charge in [0.15, 0.2) is 0 Å². The molecule has 0 aromatic rings. The summed E-state index contributed by atoms with van der Waals surface area (Å²) in [5, 5.41) is 0. The van der Waals surface area contributed by atoms with Crippen LogP contribution < -0.4 is 5.73 Å². The van der Waals surface area contributed by atoms with Gasteiger partial charge in [-0.05, 0) is 42.9 Å². The van der Waals surface area contributed by atoms with Crippen LogP contribution in [0.3, 0.4) is 0 Å². The van der Waals surface area contributed by atoms with E-state index in [1.807, 2.05) is 13.8 Å². The van der Waals surface area contributed by atoms with Gasteiger partial charge >= 0.3 is 5.97 Å². The zero-order valence-electron chi connectivity index (χ0n) is 12.5. The maximum atomic E-state index is 11.9. The first-order valence-corrected chi connectivity index (χ1v) is 7.22. The van der Waals surface area contributed by atoms with Gasteiger partial charge in [0.05, 0.1) is 0 Å². The molecule has 0 amide bonds. The second-order valence-electron chi connectivity index (χ2n) is 6.73. The predicted molar refractivity (Wildman–Crippen MR) is 74.1 cm³/mol. The van der Waals surface area contributed by atoms with Crippen LogP contribution in [0.1, 0.15) is 60.3 Å². The summed E-state index contributed by atoms with van der Waals surface area (Å²) < 4.78 is 5.60. The second kappa shape index (κ2) is 6.05. The lowest BCUT2D eigenvalue weighted by Gasteiger charge is -2.41. The quantitative estimate of drug-likeness (QED) is 0.785. The van der Waals surface area contributed by atoms with E-state index >= 15 is 0 Å². The molecule has 106 valence electrons. The Morgan fingerprint density at radius 1 is 1.33 bits per heavy atom. The van der Waals surface area contributed by atoms with E-state index in [9.17, 15) is 4.79 Å². The van der Waals surface area contributed by atoms with E-state index in [1.54, 1.807) is 0 Å². The van der Waals surface area contributed by atoms with Crippen molar-refractivity contribution in [2.75, 3.05) is 0 Å². The lowest BCUT2D eigenvalue weighted by molar-refractivity contribution is -0.156. The van der Waals surface area contributed by atoms with E-state index in [0.29, 0.717) is 11.3 Å². The van der Waals surface area contributed by atoms with Crippen LogP contribution in [0.5, 0.6) is 0 Å². The number of hydrogen-bond acceptors (Lipinski definition) is 3. The van der Waals surface area contributed by atoms with E-state index in [4.69, 9.17) is 10.5 Å². The molecule has 3 atom stereocenters. The summed E-state index contributed by atoms with van der Waals surface area (Å²) in [5.41, 5.74) is 6.13. The van der Waals surface area contributed by atoms with Crippen molar-refractivity contribution in [1.82, 2.24) is 0 Å². The van der Waals surface area contributed by atoms with E-state index in [-0.39, 0.29) is 18.0 Å². The molecule has 3 heteroatoms. The molecule has 1 aliphatic carbocycles. The molecule has 18 heavy (non-hydrogen) atoms. The summed E-state index contributed by atoms with van der Waals surface area (Å²) in [4.78, 5) is 11.9. The number of esters is 1. The van der Waals surface area contributed by atoms with Crippen molar-refractivity contribution < 1.29 is 9.53 Å². The summed E-state index contributed by atoms with van der Waals surface area (Å²) in [6, 6.07) is -0.489. The molecule has 0 aromatic carbocycles. The fourth-order valence-corrected chi connectivity index (χ4v) is 2.60. The molecular formula is C15H29NO2. The zero-order valence-corrected chi connectivity index (χ0v) is 12.5. The Hall–Kier alpha value is -0.570. The maximum absolute atomic E-state index is 11.9. The van der Waals surface area contributed by atoms with Gasteiger partial charge < -0.3 is 10.5 Å². The normalized spacial score (nSPS) is 30.6. The third-order valence-electron chi connectivity index (χ3n) is 4.64. The van der Waals surface area contributed by atoms with Crippen molar-refractivity contribution in [3.05, 3.63) is 0 Å². The van der Waals surface area contributed by atoms with Crippen LogP contribution in [0.4, 0.5) is 0 Å². The molecule has 0 saturated heterocycles. The Morgan fingerprint density at radius 3 is 2.44 bits per heavy atom. The minimum absolute atomic E-state index is 0.0587. The van der Waals surface area contributed by atoms with Crippen molar-refractivity contribution in [3.8, 4) is 0 Å². The monoisotopic (exact) mass is 255 g/mol. The number of carbonyl (C=O) groups excluding carboxylic acids is 1. The van der Waals surface area contributed by atoms with Gasteiger partial charge in [-0.2, -0.15) is 0 Å². The largest absolute Gasteiger partial charge is 0.461 e. The van der Waals surface area contributed by atoms with E-state index in [0.717, 1.165) is 19.3 Å². The summed E-state index contributed by atoms with van der Waals surface area (Å²) in [5.74, 6) is 0.526. The molecule has 2 N–H and O–H groups in total. The van der Waals surface area contributed by atoms with Crippen molar-refractivity contribution in [3.63, 3.8) is 0 Å². The average Bonchev–Trinajstić information content (AvgIpc) is 2.27. The predicted octanol–water partition coefficient (Wildman–Crippen LogP) is 3.12. The van der Waals surface area contributed by atoms with Gasteiger partial charge in [0.2, 0.25) is 0 Å². The number of rotatable bonds is 4. The standard InChI is InChI=1S/C15H29NO2/c1-10(2)13(16)14(17)18-12-7-6-8-15(5,9-12)11(3)4/h10-13H,6-9,16H2,1-5H3/t12?,13-,15?/m0/s1. The van der Waals surface area contributed by atoms with Crippen molar-refractivity contribution in [1.29, 1.82) is 0 Å². The molecule has 1 saturated carbocycles. The molecule has 3 nitrogen and oxygen atoms in total. The molecule has 0 heterocycles. The first-order chi connectivity index (χ1) is 8.26. The average molecular weight is 255 g/mol. The van der Waals surface area contributed by atoms with Gasteiger partial charge in [0, 0.05) is 0 Å². The molecule has 0 bridgehead atoms. The van der Waals surface area contributed by atoms with E-state index in [2.05, 4.69) is 20.8 Å². The summed E-state index contributed by atoms with van der Waals surface area (Å²) in [7, 11) is 0. The van der Waals surface area contributed by atoms with Gasteiger partial charge in [0.25, 0.3) is 0 Å². The first kappa shape index (κ1) is 15.5. The lowest BCUT2D eigenvalue weighted by Crippen LogP contribution is -2.42. The lowest BCUT2D eigenvalue weighted by atomic mass is 9.67. The highest BCUT2D eigenvalue weighted by Gasteiger charge is 2.36. The Morgan fingerprint density at radius 2 is 1.94 bits per heavy atom. The molecular weight excluding hydrogens is 226 g/mol. The van der Waals surface area contributed by atoms with Gasteiger partial charge in [0.1, 0.15) is 12.1 Å². The Labute approximate surface area is 111 Å². The second-order valence-corrected chi connectivity index (χ2v) is 6.73. The highest BCUT2D eigenvalue weighted by Crippen LogP contribution is 2.42. The Balaban J connectivity index is 2.56. The molecule has 0 aromatic heterocycles. The fourth-order valence-electron chi connectivity index (χ4n) is 2.60. The first-order valence-electron chi connectivity index (χ1n) is 7.22. The number of carbonyl (C=O) groups is 1. The Bertz CT molecular complexity index is 288. The smallest absolute Gasteiger partial charge is 0.323 e. The van der Waals surface area contributed by atoms with Gasteiger partial charge in [-0.3, -0.25) is 4.79 Å². The third-order valence-corrected chi connectivity index (χ3v) is 4.64. The van der Waals surface area contributed by atoms with Crippen molar-refractivity contribution in [2.24, 2.45) is 23.0 Å². The number of nitrogens with two attached hydrogens (primary N) is 1. The summed E-state index contributed by atoms with van der Waals surface area (Å²) in [6.45, 7) is 10.7. The molecule has 0 aliphatic heterocycles. The zero-order chi connectivity index (χ0) is 13.9. The van der Waals surface area contributed by atoms with Crippen molar-refractivity contribution >= 4 is 5.97 Å². The molecule has 1 aliphatic rings. The minimum atomic E-state index is -0.489. The van der Waals surface area contributed by atoms with Crippen LogP contribution in [0, 0.1) is 17.3 Å². The SMILES string of the molecule is CC(C)[C@H](N)C(=O)OC1CCCC(C)(C(C)C)C1. The van der Waals surface area contributed by atoms with Crippen LogP contribution >= 0.6 is 0 Å². The number of ether oxygens (including phenoxy) is 1. The molecule has 0 radical (unpaired) electrons. The minimum Gasteiger partial charge on any atom is -0.461 e. The van der Waals surface area contributed by atoms with Crippen LogP contribution in [0.15, 0.2) is 0 Å². The maximum Gasteiger partial charge on any atom is 0.323 e. The molecule has 0 spiro atoms. The van der Waals surface area contributed by atoms with Crippen molar-refractivity contribution in [2.45, 2.75) is 72.4 Å². The fraction of sp³-hybridized carbons (Fsp3) is 0.933. The molecule has 1 fully saturated rings. The third kappa shape index (κ3) is 3.71. The number of hydrogen-bond donors (Lipinski definition) is 1. The van der Waals surface area contributed by atoms with Gasteiger partial charge in [-0.25, -0.2) is 0 Å². The van der Waals surface area contributed by atoms with Gasteiger partial charge in [-0.15, -0.1) is 0 Å². The highest BCUT2D eigenvalue weighted by atomic mass is 16.5. The Kier molecular flexibility index (Phi) is 5.20. The summed E-state index contributed by atoms with van der Waals surface area (Å²) in [6.07, 6.45) is 4.39. The topological polar surface area (TPSA) is 52.3 Å². The van der Waals surface area contributed by atoms with Crippen LogP contribution in [0.25, 0.3) is 0 Å². The van der Waals surface area contributed by atoms with Crippen LogP contribution in [-0.4, -0.2) is 18.1 Å². The van der Waals surface area contributed by atoms with Gasteiger partial charge in [-0.1, -0.05) is 34.6 Å². The molecule has 1 rings (SSSR count). The summed E-state index contributed by atoms with van der Waals surface area (Å²) >= 11 is 0. The van der Waals surface area contributed by atoms with E-state index in [1.165, 1.54) is 6.42 Å². The highest BCUT2D eigenvalue weighted by molar-refractivity contribution is 5.75. The van der Waals surface area contributed by atoms with Crippen LogP contribution in [0.2, 0.25) is 0 Å². The van der Waals surface area contributed by atoms with Crippen LogP contribution in [-0.2, 0) is 9.53 Å².